The number of nitrogens with one attached hydrogen (secondary N) is 2. The molecule has 21 heavy (non-hydrogen) atoms. The molecule has 0 unspecified atom stereocenters. The SMILES string of the molecule is Cn1cc(Br)c(C(=O)NCc2cc3cc(Cl)ccc3[nH]2)n1. The Kier molecular flexibility index (Phi) is 3.73. The number of rotatable bonds is 3. The second-order valence-corrected chi connectivity index (χ2v) is 6.00. The molecule has 2 heterocycles. The lowest BCUT2D eigenvalue weighted by Crippen LogP contribution is -2.23. The molecule has 0 atom stereocenters. The van der Waals surface area contributed by atoms with Gasteiger partial charge in [0.05, 0.1) is 11.0 Å². The fourth-order valence-electron chi connectivity index (χ4n) is 2.13. The van der Waals surface area contributed by atoms with Crippen molar-refractivity contribution in [3.8, 4) is 0 Å². The van der Waals surface area contributed by atoms with Gasteiger partial charge in [-0.05, 0) is 40.2 Å². The second kappa shape index (κ2) is 5.54. The quantitative estimate of drug-likeness (QED) is 0.746. The van der Waals surface area contributed by atoms with Crippen molar-refractivity contribution in [2.75, 3.05) is 0 Å². The first-order chi connectivity index (χ1) is 10.0. The lowest BCUT2D eigenvalue weighted by Gasteiger charge is -2.01. The number of benzene rings is 1. The third kappa shape index (κ3) is 2.96. The highest BCUT2D eigenvalue weighted by molar-refractivity contribution is 9.10. The molecule has 0 fully saturated rings. The number of aromatic nitrogens is 3. The van der Waals surface area contributed by atoms with Gasteiger partial charge in [-0.3, -0.25) is 9.48 Å². The van der Waals surface area contributed by atoms with Gasteiger partial charge in [-0.2, -0.15) is 5.10 Å². The third-order valence-corrected chi connectivity index (χ3v) is 3.89. The van der Waals surface area contributed by atoms with E-state index in [-0.39, 0.29) is 5.91 Å². The molecule has 1 amide bonds. The summed E-state index contributed by atoms with van der Waals surface area (Å²) in [5.74, 6) is -0.223. The molecule has 0 bridgehead atoms. The van der Waals surface area contributed by atoms with E-state index < -0.39 is 0 Å². The zero-order chi connectivity index (χ0) is 15.0. The predicted molar refractivity (Wildman–Crippen MR) is 85.4 cm³/mol. The fraction of sp³-hybridized carbons (Fsp3) is 0.143. The maximum absolute atomic E-state index is 12.1. The van der Waals surface area contributed by atoms with Gasteiger partial charge in [0.1, 0.15) is 0 Å². The van der Waals surface area contributed by atoms with E-state index in [0.717, 1.165) is 16.6 Å². The molecule has 7 heteroatoms. The summed E-state index contributed by atoms with van der Waals surface area (Å²) < 4.78 is 2.26. The number of amides is 1. The normalized spacial score (nSPS) is 11.0. The average molecular weight is 368 g/mol. The topological polar surface area (TPSA) is 62.7 Å². The lowest BCUT2D eigenvalue weighted by molar-refractivity contribution is 0.0944. The molecule has 0 aliphatic heterocycles. The highest BCUT2D eigenvalue weighted by Crippen LogP contribution is 2.20. The number of fused-ring (bicyclic) bond motifs is 1. The molecule has 0 spiro atoms. The van der Waals surface area contributed by atoms with Gasteiger partial charge in [-0.15, -0.1) is 0 Å². The van der Waals surface area contributed by atoms with Crippen LogP contribution in [0.2, 0.25) is 5.02 Å². The van der Waals surface area contributed by atoms with Gasteiger partial charge in [0.15, 0.2) is 5.69 Å². The van der Waals surface area contributed by atoms with Crippen molar-refractivity contribution in [2.24, 2.45) is 7.05 Å². The van der Waals surface area contributed by atoms with Crippen molar-refractivity contribution in [2.45, 2.75) is 6.54 Å². The van der Waals surface area contributed by atoms with Crippen molar-refractivity contribution >= 4 is 44.3 Å². The van der Waals surface area contributed by atoms with Crippen LogP contribution < -0.4 is 5.32 Å². The van der Waals surface area contributed by atoms with Crippen molar-refractivity contribution < 1.29 is 4.79 Å². The molecule has 0 aliphatic rings. The molecule has 3 aromatic rings. The maximum Gasteiger partial charge on any atom is 0.273 e. The predicted octanol–water partition coefficient (Wildman–Crippen LogP) is 3.25. The highest BCUT2D eigenvalue weighted by atomic mass is 79.9. The van der Waals surface area contributed by atoms with E-state index >= 15 is 0 Å². The Morgan fingerprint density at radius 2 is 2.29 bits per heavy atom. The van der Waals surface area contributed by atoms with Crippen molar-refractivity contribution in [1.29, 1.82) is 0 Å². The first-order valence-electron chi connectivity index (χ1n) is 6.27. The van der Waals surface area contributed by atoms with Gasteiger partial charge in [-0.1, -0.05) is 11.6 Å². The summed E-state index contributed by atoms with van der Waals surface area (Å²) in [5, 5.41) is 8.65. The van der Waals surface area contributed by atoms with Gasteiger partial charge >= 0.3 is 0 Å². The van der Waals surface area contributed by atoms with Crippen LogP contribution in [0.15, 0.2) is 34.9 Å². The van der Waals surface area contributed by atoms with Crippen LogP contribution in [0, 0.1) is 0 Å². The van der Waals surface area contributed by atoms with E-state index in [0.29, 0.717) is 21.7 Å². The van der Waals surface area contributed by atoms with Crippen LogP contribution in [0.4, 0.5) is 0 Å². The molecule has 2 N–H and O–H groups in total. The van der Waals surface area contributed by atoms with E-state index in [1.54, 1.807) is 17.9 Å². The van der Waals surface area contributed by atoms with Gasteiger partial charge in [0.2, 0.25) is 0 Å². The van der Waals surface area contributed by atoms with Gasteiger partial charge < -0.3 is 10.3 Å². The molecular weight excluding hydrogens is 356 g/mol. The molecule has 0 radical (unpaired) electrons. The van der Waals surface area contributed by atoms with Crippen LogP contribution in [0.1, 0.15) is 16.2 Å². The largest absolute Gasteiger partial charge is 0.357 e. The Morgan fingerprint density at radius 1 is 1.48 bits per heavy atom. The van der Waals surface area contributed by atoms with Crippen LogP contribution in [-0.4, -0.2) is 20.7 Å². The first kappa shape index (κ1) is 14.2. The van der Waals surface area contributed by atoms with Crippen molar-refractivity contribution in [3.05, 3.63) is 51.3 Å². The van der Waals surface area contributed by atoms with E-state index in [1.807, 2.05) is 24.3 Å². The summed E-state index contributed by atoms with van der Waals surface area (Å²) in [6.07, 6.45) is 1.74. The summed E-state index contributed by atoms with van der Waals surface area (Å²) in [7, 11) is 1.77. The van der Waals surface area contributed by atoms with Crippen LogP contribution in [0.5, 0.6) is 0 Å². The van der Waals surface area contributed by atoms with E-state index in [1.165, 1.54) is 0 Å². The zero-order valence-electron chi connectivity index (χ0n) is 11.2. The minimum atomic E-state index is -0.223. The Balaban J connectivity index is 1.74. The summed E-state index contributed by atoms with van der Waals surface area (Å²) in [6, 6.07) is 7.59. The van der Waals surface area contributed by atoms with Crippen LogP contribution in [-0.2, 0) is 13.6 Å². The number of hydrogen-bond acceptors (Lipinski definition) is 2. The Bertz CT molecular complexity index is 824. The molecule has 0 aliphatic carbocycles. The van der Waals surface area contributed by atoms with E-state index in [4.69, 9.17) is 11.6 Å². The summed E-state index contributed by atoms with van der Waals surface area (Å²) in [6.45, 7) is 0.397. The lowest BCUT2D eigenvalue weighted by atomic mass is 10.2. The molecule has 0 saturated heterocycles. The highest BCUT2D eigenvalue weighted by Gasteiger charge is 2.14. The maximum atomic E-state index is 12.1. The van der Waals surface area contributed by atoms with Gasteiger partial charge in [-0.25, -0.2) is 0 Å². The summed E-state index contributed by atoms with van der Waals surface area (Å²) >= 11 is 9.27. The summed E-state index contributed by atoms with van der Waals surface area (Å²) in [4.78, 5) is 15.3. The van der Waals surface area contributed by atoms with Crippen LogP contribution in [0.3, 0.4) is 0 Å². The summed E-state index contributed by atoms with van der Waals surface area (Å²) in [5.41, 5.74) is 2.27. The standard InChI is InChI=1S/C14H12BrClN4O/c1-20-7-11(15)13(19-20)14(21)17-6-10-5-8-4-9(16)2-3-12(8)18-10/h2-5,7,18H,6H2,1H3,(H,17,21). The van der Waals surface area contributed by atoms with E-state index in [9.17, 15) is 4.79 Å². The Hall–Kier alpha value is -1.79. The first-order valence-corrected chi connectivity index (χ1v) is 7.44. The fourth-order valence-corrected chi connectivity index (χ4v) is 2.87. The van der Waals surface area contributed by atoms with Gasteiger partial charge in [0.25, 0.3) is 5.91 Å². The van der Waals surface area contributed by atoms with Crippen molar-refractivity contribution in [1.82, 2.24) is 20.1 Å². The molecule has 5 nitrogen and oxygen atoms in total. The van der Waals surface area contributed by atoms with E-state index in [2.05, 4.69) is 31.3 Å². The average Bonchev–Trinajstić information content (AvgIpc) is 2.98. The number of halogens is 2. The molecule has 1 aromatic carbocycles. The number of aromatic amines is 1. The molecular formula is C14H12BrClN4O. The molecule has 0 saturated carbocycles. The second-order valence-electron chi connectivity index (χ2n) is 4.71. The minimum Gasteiger partial charge on any atom is -0.357 e. The smallest absolute Gasteiger partial charge is 0.273 e. The Labute approximate surface area is 134 Å². The number of hydrogen-bond donors (Lipinski definition) is 2. The number of aryl methyl sites for hydroxylation is 1. The monoisotopic (exact) mass is 366 g/mol. The molecule has 108 valence electrons. The number of carbonyl (C=O) groups excluding carboxylic acids is 1. The number of carbonyl (C=O) groups is 1. The molecule has 2 aromatic heterocycles. The van der Waals surface area contributed by atoms with Crippen LogP contribution >= 0.6 is 27.5 Å². The number of nitrogens with zero attached hydrogens (tertiary/aromatic N) is 2. The number of H-pyrrole nitrogens is 1. The molecule has 3 rings (SSSR count). The Morgan fingerprint density at radius 3 is 3.00 bits per heavy atom. The van der Waals surface area contributed by atoms with Crippen LogP contribution in [0.25, 0.3) is 10.9 Å². The zero-order valence-corrected chi connectivity index (χ0v) is 13.5. The third-order valence-electron chi connectivity index (χ3n) is 3.08. The van der Waals surface area contributed by atoms with Crippen molar-refractivity contribution in [3.63, 3.8) is 0 Å². The van der Waals surface area contributed by atoms with Gasteiger partial charge in [0, 0.05) is 34.9 Å². The minimum absolute atomic E-state index is 0.223.